The highest BCUT2D eigenvalue weighted by Crippen LogP contribution is 2.36. The largest absolute Gasteiger partial charge is 0.496 e. The number of rotatable bonds is 8. The molecule has 2 N–H and O–H groups in total. The molecule has 2 atom stereocenters. The summed E-state index contributed by atoms with van der Waals surface area (Å²) in [6.07, 6.45) is 1.42. The van der Waals surface area contributed by atoms with Crippen molar-refractivity contribution in [1.82, 2.24) is 5.32 Å². The third-order valence-corrected chi connectivity index (χ3v) is 6.04. The van der Waals surface area contributed by atoms with Gasteiger partial charge in [-0.3, -0.25) is 4.79 Å². The van der Waals surface area contributed by atoms with Crippen molar-refractivity contribution in [3.63, 3.8) is 0 Å². The number of amides is 1. The first kappa shape index (κ1) is 22.6. The zero-order valence-corrected chi connectivity index (χ0v) is 18.5. The smallest absolute Gasteiger partial charge is 0.326 e. The Morgan fingerprint density at radius 3 is 2.36 bits per heavy atom. The van der Waals surface area contributed by atoms with Crippen LogP contribution < -0.4 is 10.1 Å². The number of carbonyl (C=O) groups is 2. The zero-order chi connectivity index (χ0) is 23.3. The van der Waals surface area contributed by atoms with Crippen molar-refractivity contribution in [2.45, 2.75) is 30.9 Å². The predicted octanol–water partition coefficient (Wildman–Crippen LogP) is 4.18. The lowest BCUT2D eigenvalue weighted by Gasteiger charge is -2.29. The number of nitrogens with one attached hydrogen (secondary N) is 1. The first-order chi connectivity index (χ1) is 16.0. The highest BCUT2D eigenvalue weighted by atomic mass is 16.5. The number of ether oxygens (including phenoxy) is 2. The first-order valence-corrected chi connectivity index (χ1v) is 11.0. The van der Waals surface area contributed by atoms with E-state index >= 15 is 0 Å². The molecule has 6 heteroatoms. The number of hydrogen-bond acceptors (Lipinski definition) is 4. The van der Waals surface area contributed by atoms with Crippen LogP contribution in [0.3, 0.4) is 0 Å². The maximum Gasteiger partial charge on any atom is 0.326 e. The number of methoxy groups -OCH3 is 1. The molecule has 33 heavy (non-hydrogen) atoms. The van der Waals surface area contributed by atoms with Crippen LogP contribution in [0.25, 0.3) is 11.1 Å². The topological polar surface area (TPSA) is 84.9 Å². The minimum Gasteiger partial charge on any atom is -0.496 e. The van der Waals surface area contributed by atoms with E-state index in [9.17, 15) is 14.7 Å². The maximum atomic E-state index is 13.3. The van der Waals surface area contributed by atoms with Gasteiger partial charge in [0, 0.05) is 18.6 Å². The Bertz CT molecular complexity index is 1100. The van der Waals surface area contributed by atoms with E-state index < -0.39 is 23.5 Å². The molecule has 0 aliphatic carbocycles. The van der Waals surface area contributed by atoms with Gasteiger partial charge in [0.2, 0.25) is 0 Å². The average Bonchev–Trinajstić information content (AvgIpc) is 3.36. The van der Waals surface area contributed by atoms with Crippen molar-refractivity contribution in [2.75, 3.05) is 13.7 Å². The van der Waals surface area contributed by atoms with Gasteiger partial charge in [-0.1, -0.05) is 72.8 Å². The number of benzene rings is 3. The molecule has 170 valence electrons. The number of carboxylic acid groups (broad SMARTS) is 1. The molecular formula is C27H27NO5. The number of carboxylic acids is 1. The third kappa shape index (κ3) is 4.76. The first-order valence-electron chi connectivity index (χ1n) is 11.0. The second kappa shape index (κ2) is 9.88. The van der Waals surface area contributed by atoms with E-state index in [1.165, 1.54) is 0 Å². The summed E-state index contributed by atoms with van der Waals surface area (Å²) in [7, 11) is 1.63. The van der Waals surface area contributed by atoms with Gasteiger partial charge in [0.05, 0.1) is 7.11 Å². The maximum absolute atomic E-state index is 13.3. The molecule has 1 aliphatic heterocycles. The van der Waals surface area contributed by atoms with E-state index in [2.05, 4.69) is 5.32 Å². The van der Waals surface area contributed by atoms with Crippen LogP contribution in [0.1, 0.15) is 24.0 Å². The quantitative estimate of drug-likeness (QED) is 0.543. The highest BCUT2D eigenvalue weighted by Gasteiger charge is 2.45. The highest BCUT2D eigenvalue weighted by molar-refractivity contribution is 5.90. The molecule has 1 aliphatic rings. The number of para-hydroxylation sites is 1. The minimum atomic E-state index is -1.15. The van der Waals surface area contributed by atoms with E-state index in [0.717, 1.165) is 34.4 Å². The Morgan fingerprint density at radius 2 is 1.73 bits per heavy atom. The monoisotopic (exact) mass is 445 g/mol. The summed E-state index contributed by atoms with van der Waals surface area (Å²) in [5, 5.41) is 12.5. The number of carbonyl (C=O) groups excluding carboxylic acids is 1. The molecule has 0 radical (unpaired) electrons. The second-order valence-electron chi connectivity index (χ2n) is 8.11. The molecule has 1 saturated heterocycles. The standard InChI is InChI=1S/C27H27NO5/c1-32-24-11-6-5-10-22(24)20-14-12-19(13-15-20)18-23(25(29)30)28-26(31)27(16-7-17-33-27)21-8-3-2-4-9-21/h2-6,8-15,23H,7,16-18H2,1H3,(H,28,31)(H,29,30)/t23-,27-/m0/s1. The fraction of sp³-hybridized carbons (Fsp3) is 0.259. The van der Waals surface area contributed by atoms with Gasteiger partial charge in [-0.05, 0) is 35.6 Å². The van der Waals surface area contributed by atoms with Gasteiger partial charge in [-0.15, -0.1) is 0 Å². The van der Waals surface area contributed by atoms with Gasteiger partial charge >= 0.3 is 5.97 Å². The van der Waals surface area contributed by atoms with E-state index in [0.29, 0.717) is 13.0 Å². The van der Waals surface area contributed by atoms with Gasteiger partial charge in [-0.2, -0.15) is 0 Å². The summed E-state index contributed by atoms with van der Waals surface area (Å²) in [5.74, 6) is -0.730. The summed E-state index contributed by atoms with van der Waals surface area (Å²) in [6, 6.07) is 23.5. The SMILES string of the molecule is COc1ccccc1-c1ccc(C[C@H](NC(=O)[C@@]2(c3ccccc3)CCCO2)C(=O)O)cc1. The van der Waals surface area contributed by atoms with Crippen LogP contribution in [0.15, 0.2) is 78.9 Å². The van der Waals surface area contributed by atoms with E-state index in [1.807, 2.05) is 78.9 Å². The molecule has 3 aromatic rings. The number of aliphatic carboxylic acids is 1. The lowest BCUT2D eigenvalue weighted by Crippen LogP contribution is -2.51. The van der Waals surface area contributed by atoms with Crippen LogP contribution in [0, 0.1) is 0 Å². The molecular weight excluding hydrogens is 418 g/mol. The lowest BCUT2D eigenvalue weighted by atomic mass is 9.89. The Balaban J connectivity index is 1.51. The van der Waals surface area contributed by atoms with E-state index in [4.69, 9.17) is 9.47 Å². The molecule has 0 unspecified atom stereocenters. The van der Waals surface area contributed by atoms with Crippen LogP contribution >= 0.6 is 0 Å². The van der Waals surface area contributed by atoms with Crippen LogP contribution in [0.2, 0.25) is 0 Å². The summed E-state index contributed by atoms with van der Waals surface area (Å²) in [5.41, 5.74) is 2.32. The number of hydrogen-bond donors (Lipinski definition) is 2. The Morgan fingerprint density at radius 1 is 1.03 bits per heavy atom. The lowest BCUT2D eigenvalue weighted by molar-refractivity contribution is -0.149. The molecule has 4 rings (SSSR count). The Hall–Kier alpha value is -3.64. The molecule has 1 fully saturated rings. The van der Waals surface area contributed by atoms with Gasteiger partial charge < -0.3 is 19.9 Å². The Labute approximate surface area is 193 Å². The van der Waals surface area contributed by atoms with Crippen molar-refractivity contribution in [2.24, 2.45) is 0 Å². The summed E-state index contributed by atoms with van der Waals surface area (Å²) in [6.45, 7) is 0.463. The molecule has 0 aromatic heterocycles. The van der Waals surface area contributed by atoms with Gasteiger partial charge in [0.1, 0.15) is 11.8 Å². The summed E-state index contributed by atoms with van der Waals surface area (Å²) >= 11 is 0. The van der Waals surface area contributed by atoms with Crippen molar-refractivity contribution >= 4 is 11.9 Å². The molecule has 3 aromatic carbocycles. The summed E-state index contributed by atoms with van der Waals surface area (Å²) in [4.78, 5) is 25.3. The molecule has 1 heterocycles. The molecule has 0 bridgehead atoms. The normalized spacial score (nSPS) is 18.5. The molecule has 6 nitrogen and oxygen atoms in total. The van der Waals surface area contributed by atoms with E-state index in [1.54, 1.807) is 7.11 Å². The van der Waals surface area contributed by atoms with Crippen LogP contribution in [-0.4, -0.2) is 36.7 Å². The van der Waals surface area contributed by atoms with E-state index in [-0.39, 0.29) is 6.42 Å². The third-order valence-electron chi connectivity index (χ3n) is 6.04. The van der Waals surface area contributed by atoms with Crippen molar-refractivity contribution < 1.29 is 24.2 Å². The average molecular weight is 446 g/mol. The molecule has 0 saturated carbocycles. The van der Waals surface area contributed by atoms with Crippen LogP contribution in [0.5, 0.6) is 5.75 Å². The fourth-order valence-corrected chi connectivity index (χ4v) is 4.30. The predicted molar refractivity (Wildman–Crippen MR) is 125 cm³/mol. The fourth-order valence-electron chi connectivity index (χ4n) is 4.30. The van der Waals surface area contributed by atoms with Gasteiger partial charge in [0.25, 0.3) is 5.91 Å². The molecule has 1 amide bonds. The zero-order valence-electron chi connectivity index (χ0n) is 18.5. The van der Waals surface area contributed by atoms with Gasteiger partial charge in [-0.25, -0.2) is 4.79 Å². The van der Waals surface area contributed by atoms with Crippen molar-refractivity contribution in [3.05, 3.63) is 90.0 Å². The van der Waals surface area contributed by atoms with Crippen LogP contribution in [-0.2, 0) is 26.3 Å². The van der Waals surface area contributed by atoms with Crippen molar-refractivity contribution in [1.29, 1.82) is 0 Å². The minimum absolute atomic E-state index is 0.165. The van der Waals surface area contributed by atoms with Crippen LogP contribution in [0.4, 0.5) is 0 Å². The summed E-state index contributed by atoms with van der Waals surface area (Å²) < 4.78 is 11.3. The van der Waals surface area contributed by atoms with Gasteiger partial charge in [0.15, 0.2) is 5.60 Å². The Kier molecular flexibility index (Phi) is 6.75. The molecule has 0 spiro atoms. The van der Waals surface area contributed by atoms with Crippen molar-refractivity contribution in [3.8, 4) is 16.9 Å². The second-order valence-corrected chi connectivity index (χ2v) is 8.11.